The standard InChI is InChI=1S/C23H26FN5O2S/c1-4-29-21(20(15(2)3)26-22(31)16-8-6-5-7-9-16)27-28-23(29)32-14-19(30)25-18-12-10-17(24)11-13-18/h5-13,15,20H,4,14H2,1-3H3,(H,25,30)(H,26,31)/t20-/m1/s1. The highest BCUT2D eigenvalue weighted by atomic mass is 32.2. The summed E-state index contributed by atoms with van der Waals surface area (Å²) in [7, 11) is 0. The summed E-state index contributed by atoms with van der Waals surface area (Å²) in [4.78, 5) is 25.0. The van der Waals surface area contributed by atoms with Crippen LogP contribution in [0.25, 0.3) is 0 Å². The van der Waals surface area contributed by atoms with Crippen molar-refractivity contribution in [3.8, 4) is 0 Å². The van der Waals surface area contributed by atoms with Gasteiger partial charge in [0.1, 0.15) is 5.82 Å². The molecule has 168 valence electrons. The fourth-order valence-corrected chi connectivity index (χ4v) is 3.95. The Morgan fingerprint density at radius 2 is 1.75 bits per heavy atom. The van der Waals surface area contributed by atoms with E-state index in [9.17, 15) is 14.0 Å². The first-order chi connectivity index (χ1) is 15.4. The smallest absolute Gasteiger partial charge is 0.251 e. The largest absolute Gasteiger partial charge is 0.342 e. The summed E-state index contributed by atoms with van der Waals surface area (Å²) in [5.41, 5.74) is 1.10. The Bertz CT molecular complexity index is 1050. The number of carbonyl (C=O) groups excluding carboxylic acids is 2. The summed E-state index contributed by atoms with van der Waals surface area (Å²) < 4.78 is 14.9. The van der Waals surface area contributed by atoms with Crippen LogP contribution in [0.3, 0.4) is 0 Å². The minimum Gasteiger partial charge on any atom is -0.342 e. The number of thioether (sulfide) groups is 1. The fourth-order valence-electron chi connectivity index (χ4n) is 3.14. The number of anilines is 1. The molecule has 2 N–H and O–H groups in total. The second-order valence-electron chi connectivity index (χ2n) is 7.49. The van der Waals surface area contributed by atoms with Crippen LogP contribution in [-0.2, 0) is 11.3 Å². The zero-order valence-corrected chi connectivity index (χ0v) is 19.0. The van der Waals surface area contributed by atoms with Gasteiger partial charge in [0.2, 0.25) is 5.91 Å². The number of hydrogen-bond acceptors (Lipinski definition) is 5. The molecule has 0 saturated carbocycles. The highest BCUT2D eigenvalue weighted by Crippen LogP contribution is 2.25. The SMILES string of the molecule is CCn1c(SCC(=O)Nc2ccc(F)cc2)nnc1[C@H](NC(=O)c1ccccc1)C(C)C. The van der Waals surface area contributed by atoms with Crippen molar-refractivity contribution in [1.82, 2.24) is 20.1 Å². The summed E-state index contributed by atoms with van der Waals surface area (Å²) >= 11 is 1.26. The molecule has 0 spiro atoms. The number of carbonyl (C=O) groups is 2. The van der Waals surface area contributed by atoms with Crippen molar-refractivity contribution >= 4 is 29.3 Å². The van der Waals surface area contributed by atoms with Gasteiger partial charge in [0.25, 0.3) is 5.91 Å². The molecule has 1 aromatic heterocycles. The van der Waals surface area contributed by atoms with E-state index in [1.54, 1.807) is 12.1 Å². The molecule has 2 amide bonds. The lowest BCUT2D eigenvalue weighted by Gasteiger charge is -2.22. The van der Waals surface area contributed by atoms with E-state index >= 15 is 0 Å². The first kappa shape index (κ1) is 23.5. The molecule has 0 unspecified atom stereocenters. The van der Waals surface area contributed by atoms with Crippen LogP contribution in [0.4, 0.5) is 10.1 Å². The molecule has 3 rings (SSSR count). The molecule has 0 fully saturated rings. The van der Waals surface area contributed by atoms with Gasteiger partial charge in [-0.05, 0) is 49.2 Å². The number of halogens is 1. The van der Waals surface area contributed by atoms with Crippen LogP contribution in [0.1, 0.15) is 43.0 Å². The third-order valence-corrected chi connectivity index (χ3v) is 5.76. The van der Waals surface area contributed by atoms with Gasteiger partial charge in [0.15, 0.2) is 11.0 Å². The summed E-state index contributed by atoms with van der Waals surface area (Å²) in [6.45, 7) is 6.57. The molecule has 3 aromatic rings. The van der Waals surface area contributed by atoms with Crippen LogP contribution < -0.4 is 10.6 Å². The first-order valence-electron chi connectivity index (χ1n) is 10.4. The van der Waals surface area contributed by atoms with Crippen LogP contribution in [0.5, 0.6) is 0 Å². The Labute approximate surface area is 190 Å². The zero-order chi connectivity index (χ0) is 23.1. The topological polar surface area (TPSA) is 88.9 Å². The maximum Gasteiger partial charge on any atom is 0.251 e. The van der Waals surface area contributed by atoms with E-state index in [-0.39, 0.29) is 35.3 Å². The Kier molecular flexibility index (Phi) is 7.99. The molecule has 1 atom stereocenters. The second kappa shape index (κ2) is 10.9. The molecular weight excluding hydrogens is 429 g/mol. The zero-order valence-electron chi connectivity index (χ0n) is 18.2. The third-order valence-electron chi connectivity index (χ3n) is 4.79. The molecule has 0 aliphatic heterocycles. The van der Waals surface area contributed by atoms with Crippen molar-refractivity contribution < 1.29 is 14.0 Å². The highest BCUT2D eigenvalue weighted by molar-refractivity contribution is 7.99. The molecule has 32 heavy (non-hydrogen) atoms. The van der Waals surface area contributed by atoms with E-state index in [0.717, 1.165) is 0 Å². The van der Waals surface area contributed by atoms with Gasteiger partial charge in [-0.15, -0.1) is 10.2 Å². The quantitative estimate of drug-likeness (QED) is 0.470. The monoisotopic (exact) mass is 455 g/mol. The Morgan fingerprint density at radius 1 is 1.06 bits per heavy atom. The van der Waals surface area contributed by atoms with Crippen LogP contribution >= 0.6 is 11.8 Å². The Morgan fingerprint density at radius 3 is 2.38 bits per heavy atom. The molecule has 2 aromatic carbocycles. The Balaban J connectivity index is 1.69. The van der Waals surface area contributed by atoms with E-state index in [0.29, 0.717) is 28.8 Å². The molecular formula is C23H26FN5O2S. The van der Waals surface area contributed by atoms with Crippen LogP contribution in [0.2, 0.25) is 0 Å². The van der Waals surface area contributed by atoms with Gasteiger partial charge < -0.3 is 15.2 Å². The van der Waals surface area contributed by atoms with Crippen molar-refractivity contribution in [1.29, 1.82) is 0 Å². The van der Waals surface area contributed by atoms with E-state index < -0.39 is 0 Å². The summed E-state index contributed by atoms with van der Waals surface area (Å²) in [5.74, 6) is 0.0811. The molecule has 7 nitrogen and oxygen atoms in total. The van der Waals surface area contributed by atoms with Gasteiger partial charge in [0, 0.05) is 17.8 Å². The normalized spacial score (nSPS) is 11.9. The number of aromatic nitrogens is 3. The van der Waals surface area contributed by atoms with Gasteiger partial charge in [-0.1, -0.05) is 43.8 Å². The van der Waals surface area contributed by atoms with Crippen LogP contribution in [0.15, 0.2) is 59.8 Å². The van der Waals surface area contributed by atoms with Crippen molar-refractivity contribution in [3.63, 3.8) is 0 Å². The van der Waals surface area contributed by atoms with Gasteiger partial charge in [0.05, 0.1) is 11.8 Å². The second-order valence-corrected chi connectivity index (χ2v) is 8.43. The van der Waals surface area contributed by atoms with Crippen LogP contribution in [-0.4, -0.2) is 32.3 Å². The lowest BCUT2D eigenvalue weighted by Crippen LogP contribution is -2.33. The Hall–Kier alpha value is -3.20. The summed E-state index contributed by atoms with van der Waals surface area (Å²) in [6.07, 6.45) is 0. The number of hydrogen-bond donors (Lipinski definition) is 2. The predicted octanol–water partition coefficient (Wildman–Crippen LogP) is 4.30. The average molecular weight is 456 g/mol. The molecule has 0 saturated heterocycles. The van der Waals surface area contributed by atoms with Gasteiger partial charge >= 0.3 is 0 Å². The van der Waals surface area contributed by atoms with E-state index in [4.69, 9.17) is 0 Å². The van der Waals surface area contributed by atoms with Gasteiger partial charge in [-0.2, -0.15) is 0 Å². The van der Waals surface area contributed by atoms with Crippen molar-refractivity contribution in [3.05, 3.63) is 71.8 Å². The number of amides is 2. The third kappa shape index (κ3) is 5.94. The van der Waals surface area contributed by atoms with Crippen molar-refractivity contribution in [2.24, 2.45) is 5.92 Å². The fraction of sp³-hybridized carbons (Fsp3) is 0.304. The minimum atomic E-state index is -0.361. The van der Waals surface area contributed by atoms with Gasteiger partial charge in [-0.3, -0.25) is 9.59 Å². The molecule has 0 radical (unpaired) electrons. The lowest BCUT2D eigenvalue weighted by molar-refractivity contribution is -0.113. The highest BCUT2D eigenvalue weighted by Gasteiger charge is 2.26. The van der Waals surface area contributed by atoms with Crippen molar-refractivity contribution in [2.75, 3.05) is 11.1 Å². The molecule has 0 bridgehead atoms. The number of benzene rings is 2. The predicted molar refractivity (Wildman–Crippen MR) is 123 cm³/mol. The summed E-state index contributed by atoms with van der Waals surface area (Å²) in [5, 5.41) is 15.0. The van der Waals surface area contributed by atoms with Crippen molar-refractivity contribution in [2.45, 2.75) is 38.5 Å². The molecule has 0 aliphatic rings. The van der Waals surface area contributed by atoms with E-state index in [1.165, 1.54) is 36.0 Å². The number of nitrogens with one attached hydrogen (secondary N) is 2. The lowest BCUT2D eigenvalue weighted by atomic mass is 10.0. The average Bonchev–Trinajstić information content (AvgIpc) is 3.20. The summed E-state index contributed by atoms with van der Waals surface area (Å²) in [6, 6.07) is 14.3. The molecule has 0 aliphatic carbocycles. The van der Waals surface area contributed by atoms with Crippen LogP contribution in [0, 0.1) is 11.7 Å². The maximum atomic E-state index is 13.0. The maximum absolute atomic E-state index is 13.0. The number of rotatable bonds is 9. The minimum absolute atomic E-state index is 0.0804. The molecule has 1 heterocycles. The van der Waals surface area contributed by atoms with E-state index in [1.807, 2.05) is 43.5 Å². The van der Waals surface area contributed by atoms with E-state index in [2.05, 4.69) is 20.8 Å². The number of nitrogens with zero attached hydrogens (tertiary/aromatic N) is 3. The van der Waals surface area contributed by atoms with Gasteiger partial charge in [-0.25, -0.2) is 4.39 Å². The molecule has 9 heteroatoms. The first-order valence-corrected chi connectivity index (χ1v) is 11.3.